The molecule has 1 rings (SSSR count). The average Bonchev–Trinajstić information content (AvgIpc) is 2.53. The highest BCUT2D eigenvalue weighted by Gasteiger charge is 2.13. The monoisotopic (exact) mass is 209 g/mol. The Hall–Kier alpha value is -0.590. The highest BCUT2D eigenvalue weighted by molar-refractivity contribution is 7.89. The Morgan fingerprint density at radius 2 is 2.42 bits per heavy atom. The minimum Gasteiger partial charge on any atom is -0.266 e. The highest BCUT2D eigenvalue weighted by atomic mass is 35.5. The number of sulfonamides is 1. The molecule has 5 nitrogen and oxygen atoms in total. The Kier molecular flexibility index (Phi) is 3.07. The zero-order chi connectivity index (χ0) is 9.03. The second kappa shape index (κ2) is 3.88. The summed E-state index contributed by atoms with van der Waals surface area (Å²) in [6.07, 6.45) is 1.37. The number of nitrogens with zero attached hydrogens (tertiary/aromatic N) is 1. The van der Waals surface area contributed by atoms with E-state index in [0.717, 1.165) is 0 Å². The Bertz CT molecular complexity index is 320. The van der Waals surface area contributed by atoms with Gasteiger partial charge in [-0.05, 0) is 6.07 Å². The van der Waals surface area contributed by atoms with Crippen LogP contribution in [0.1, 0.15) is 0 Å². The van der Waals surface area contributed by atoms with Crippen LogP contribution in [0, 0.1) is 0 Å². The molecule has 0 atom stereocenters. The molecule has 0 aliphatic heterocycles. The number of aromatic nitrogens is 2. The van der Waals surface area contributed by atoms with E-state index in [9.17, 15) is 8.42 Å². The summed E-state index contributed by atoms with van der Waals surface area (Å²) in [6.45, 7) is 0.211. The van der Waals surface area contributed by atoms with E-state index in [2.05, 4.69) is 14.9 Å². The van der Waals surface area contributed by atoms with Crippen molar-refractivity contribution in [3.8, 4) is 0 Å². The minimum absolute atomic E-state index is 0.0487. The first-order valence-electron chi connectivity index (χ1n) is 3.22. The molecule has 0 aliphatic carbocycles. The highest BCUT2D eigenvalue weighted by Crippen LogP contribution is 2.00. The Morgan fingerprint density at radius 3 is 2.92 bits per heavy atom. The zero-order valence-corrected chi connectivity index (χ0v) is 7.69. The zero-order valence-electron chi connectivity index (χ0n) is 6.12. The predicted molar refractivity (Wildman–Crippen MR) is 44.5 cm³/mol. The fourth-order valence-corrected chi connectivity index (χ4v) is 1.79. The largest absolute Gasteiger partial charge is 0.266 e. The molecule has 0 saturated carbocycles. The third kappa shape index (κ3) is 2.20. The number of hydrogen-bond acceptors (Lipinski definition) is 3. The molecular weight excluding hydrogens is 202 g/mol. The Balaban J connectivity index is 2.74. The molecule has 0 radical (unpaired) electrons. The van der Waals surface area contributed by atoms with Gasteiger partial charge in [0.1, 0.15) is 0 Å². The number of nitrogens with one attached hydrogen (secondary N) is 2. The van der Waals surface area contributed by atoms with Gasteiger partial charge in [-0.2, -0.15) is 5.10 Å². The summed E-state index contributed by atoms with van der Waals surface area (Å²) in [6, 6.07) is 1.37. The Morgan fingerprint density at radius 1 is 1.67 bits per heavy atom. The Labute approximate surface area is 75.2 Å². The molecule has 1 heterocycles. The third-order valence-electron chi connectivity index (χ3n) is 1.15. The van der Waals surface area contributed by atoms with Gasteiger partial charge in [0.25, 0.3) is 10.0 Å². The van der Waals surface area contributed by atoms with Gasteiger partial charge in [0.05, 0.1) is 6.20 Å². The molecule has 1 aromatic rings. The summed E-state index contributed by atoms with van der Waals surface area (Å²) in [7, 11) is -3.43. The topological polar surface area (TPSA) is 74.8 Å². The molecular formula is C5H8ClN3O2S. The number of aromatic amines is 1. The summed E-state index contributed by atoms with van der Waals surface area (Å²) >= 11 is 5.32. The van der Waals surface area contributed by atoms with Crippen molar-refractivity contribution in [2.24, 2.45) is 0 Å². The van der Waals surface area contributed by atoms with E-state index in [1.54, 1.807) is 0 Å². The average molecular weight is 210 g/mol. The fraction of sp³-hybridized carbons (Fsp3) is 0.400. The van der Waals surface area contributed by atoms with Crippen LogP contribution in [0.25, 0.3) is 0 Å². The molecule has 0 fully saturated rings. The lowest BCUT2D eigenvalue weighted by atomic mass is 10.8. The van der Waals surface area contributed by atoms with Crippen LogP contribution in [0.4, 0.5) is 0 Å². The van der Waals surface area contributed by atoms with Gasteiger partial charge in [0.15, 0.2) is 5.03 Å². The summed E-state index contributed by atoms with van der Waals surface area (Å²) in [5.41, 5.74) is 0. The lowest BCUT2D eigenvalue weighted by Gasteiger charge is -2.00. The fourth-order valence-electron chi connectivity index (χ4n) is 0.643. The van der Waals surface area contributed by atoms with Gasteiger partial charge in [0.2, 0.25) is 0 Å². The smallest absolute Gasteiger partial charge is 0.257 e. The summed E-state index contributed by atoms with van der Waals surface area (Å²) in [5, 5.41) is 5.91. The molecule has 0 aromatic carbocycles. The van der Waals surface area contributed by atoms with Gasteiger partial charge in [-0.25, -0.2) is 13.1 Å². The van der Waals surface area contributed by atoms with Crippen LogP contribution in [0.5, 0.6) is 0 Å². The lowest BCUT2D eigenvalue weighted by molar-refractivity contribution is 0.580. The van der Waals surface area contributed by atoms with E-state index in [1.165, 1.54) is 12.3 Å². The van der Waals surface area contributed by atoms with Gasteiger partial charge in [-0.3, -0.25) is 5.10 Å². The first kappa shape index (κ1) is 9.50. The van der Waals surface area contributed by atoms with Gasteiger partial charge < -0.3 is 0 Å². The standard InChI is InChI=1S/C5H8ClN3O2S/c6-2-4-8-12(10,11)5-1-3-7-9-5/h1,3,8H,2,4H2,(H,7,9). The molecule has 0 amide bonds. The van der Waals surface area contributed by atoms with Gasteiger partial charge in [-0.1, -0.05) is 0 Å². The molecule has 7 heteroatoms. The van der Waals surface area contributed by atoms with Crippen LogP contribution < -0.4 is 4.72 Å². The van der Waals surface area contributed by atoms with Crippen LogP contribution in [-0.2, 0) is 10.0 Å². The van der Waals surface area contributed by atoms with E-state index in [1.807, 2.05) is 0 Å². The van der Waals surface area contributed by atoms with Gasteiger partial charge in [0, 0.05) is 12.4 Å². The predicted octanol–water partition coefficient (Wildman–Crippen LogP) is -0.0732. The van der Waals surface area contributed by atoms with Crippen LogP contribution in [0.3, 0.4) is 0 Å². The summed E-state index contributed by atoms with van der Waals surface area (Å²) in [5.74, 6) is 0.243. The quantitative estimate of drug-likeness (QED) is 0.682. The van der Waals surface area contributed by atoms with E-state index < -0.39 is 10.0 Å². The molecule has 68 valence electrons. The van der Waals surface area contributed by atoms with Crippen molar-refractivity contribution in [1.29, 1.82) is 0 Å². The van der Waals surface area contributed by atoms with E-state index in [0.29, 0.717) is 0 Å². The molecule has 0 saturated heterocycles. The molecule has 0 aliphatic rings. The number of hydrogen-bond donors (Lipinski definition) is 2. The van der Waals surface area contributed by atoms with Crippen LogP contribution in [0.15, 0.2) is 17.3 Å². The van der Waals surface area contributed by atoms with Crippen molar-refractivity contribution in [1.82, 2.24) is 14.9 Å². The maximum atomic E-state index is 11.2. The van der Waals surface area contributed by atoms with Crippen molar-refractivity contribution in [2.45, 2.75) is 5.03 Å². The van der Waals surface area contributed by atoms with E-state index >= 15 is 0 Å². The number of H-pyrrole nitrogens is 1. The number of rotatable bonds is 4. The van der Waals surface area contributed by atoms with Crippen LogP contribution in [0.2, 0.25) is 0 Å². The lowest BCUT2D eigenvalue weighted by Crippen LogP contribution is -2.25. The molecule has 0 bridgehead atoms. The molecule has 0 spiro atoms. The maximum absolute atomic E-state index is 11.2. The van der Waals surface area contributed by atoms with Gasteiger partial charge >= 0.3 is 0 Å². The normalized spacial score (nSPS) is 11.8. The van der Waals surface area contributed by atoms with Crippen molar-refractivity contribution >= 4 is 21.6 Å². The van der Waals surface area contributed by atoms with Crippen molar-refractivity contribution < 1.29 is 8.42 Å². The van der Waals surface area contributed by atoms with Crippen molar-refractivity contribution in [2.75, 3.05) is 12.4 Å². The number of alkyl halides is 1. The minimum atomic E-state index is -3.43. The van der Waals surface area contributed by atoms with Gasteiger partial charge in [-0.15, -0.1) is 11.6 Å². The van der Waals surface area contributed by atoms with Crippen LogP contribution in [-0.4, -0.2) is 31.0 Å². The number of halogens is 1. The molecule has 1 aromatic heterocycles. The van der Waals surface area contributed by atoms with Crippen LogP contribution >= 0.6 is 11.6 Å². The summed E-state index contributed by atoms with van der Waals surface area (Å²) in [4.78, 5) is 0. The first-order chi connectivity index (χ1) is 5.67. The molecule has 0 unspecified atom stereocenters. The second-order valence-electron chi connectivity index (χ2n) is 2.01. The maximum Gasteiger partial charge on any atom is 0.257 e. The summed E-state index contributed by atoms with van der Waals surface area (Å²) < 4.78 is 24.7. The SMILES string of the molecule is O=S(=O)(NCCCl)c1ccn[nH]1. The van der Waals surface area contributed by atoms with Crippen molar-refractivity contribution in [3.63, 3.8) is 0 Å². The second-order valence-corrected chi connectivity index (χ2v) is 4.12. The van der Waals surface area contributed by atoms with Crippen molar-refractivity contribution in [3.05, 3.63) is 12.3 Å². The van der Waals surface area contributed by atoms with E-state index in [4.69, 9.17) is 11.6 Å². The first-order valence-corrected chi connectivity index (χ1v) is 5.23. The molecule has 12 heavy (non-hydrogen) atoms. The third-order valence-corrected chi connectivity index (χ3v) is 2.73. The molecule has 2 N–H and O–H groups in total. The van der Waals surface area contributed by atoms with E-state index in [-0.39, 0.29) is 17.5 Å².